The van der Waals surface area contributed by atoms with Crippen LogP contribution in [0.25, 0.3) is 0 Å². The molecule has 4 nitrogen and oxygen atoms in total. The lowest BCUT2D eigenvalue weighted by atomic mass is 9.49. The Hall–Kier alpha value is -0.870. The van der Waals surface area contributed by atoms with Crippen molar-refractivity contribution in [3.8, 4) is 0 Å². The van der Waals surface area contributed by atoms with Gasteiger partial charge in [-0.3, -0.25) is 4.79 Å². The quantitative estimate of drug-likeness (QED) is 0.275. The van der Waals surface area contributed by atoms with Crippen LogP contribution in [0.4, 0.5) is 0 Å². The minimum atomic E-state index is -0.832. The molecule has 1 heterocycles. The van der Waals surface area contributed by atoms with E-state index in [4.69, 9.17) is 14.9 Å². The highest BCUT2D eigenvalue weighted by Crippen LogP contribution is 2.57. The summed E-state index contributed by atoms with van der Waals surface area (Å²) in [6.45, 7) is 8.67. The summed E-state index contributed by atoms with van der Waals surface area (Å²) in [6, 6.07) is 0. The SMILES string of the molecule is CC[C@H]1[C@H](CCCCCC[C@]2(C)C[C@@](C)(CC(=O)O)OO2)[C@@H]2CC=CC(C)[C@H]12. The van der Waals surface area contributed by atoms with Gasteiger partial charge in [0.15, 0.2) is 0 Å². The van der Waals surface area contributed by atoms with Gasteiger partial charge in [-0.05, 0) is 62.7 Å². The van der Waals surface area contributed by atoms with Crippen LogP contribution in [0.15, 0.2) is 12.2 Å². The lowest BCUT2D eigenvalue weighted by molar-refractivity contribution is -0.345. The minimum Gasteiger partial charge on any atom is -0.481 e. The summed E-state index contributed by atoms with van der Waals surface area (Å²) in [7, 11) is 0. The summed E-state index contributed by atoms with van der Waals surface area (Å²) in [5.74, 6) is 3.73. The third-order valence-corrected chi connectivity index (χ3v) is 7.73. The van der Waals surface area contributed by atoms with Crippen LogP contribution in [0.3, 0.4) is 0 Å². The number of unbranched alkanes of at least 4 members (excludes halogenated alkanes) is 3. The Kier molecular flexibility index (Phi) is 6.92. The van der Waals surface area contributed by atoms with Crippen molar-refractivity contribution in [3.05, 3.63) is 12.2 Å². The molecular weight excluding hydrogens is 352 g/mol. The van der Waals surface area contributed by atoms with Gasteiger partial charge >= 0.3 is 5.97 Å². The van der Waals surface area contributed by atoms with Crippen LogP contribution >= 0.6 is 0 Å². The molecular formula is C24H40O4. The number of aliphatic carboxylic acids is 1. The highest BCUT2D eigenvalue weighted by molar-refractivity contribution is 5.68. The smallest absolute Gasteiger partial charge is 0.306 e. The molecule has 1 saturated carbocycles. The van der Waals surface area contributed by atoms with Crippen molar-refractivity contribution in [1.82, 2.24) is 0 Å². The predicted molar refractivity (Wildman–Crippen MR) is 111 cm³/mol. The second kappa shape index (κ2) is 8.87. The monoisotopic (exact) mass is 392 g/mol. The number of hydrogen-bond donors (Lipinski definition) is 1. The molecule has 0 aromatic heterocycles. The summed E-state index contributed by atoms with van der Waals surface area (Å²) < 4.78 is 0. The van der Waals surface area contributed by atoms with Gasteiger partial charge in [0.2, 0.25) is 0 Å². The molecule has 7 atom stereocenters. The molecule has 0 aromatic carbocycles. The zero-order valence-corrected chi connectivity index (χ0v) is 18.3. The molecule has 2 aliphatic carbocycles. The Bertz CT molecular complexity index is 573. The van der Waals surface area contributed by atoms with Gasteiger partial charge in [0.05, 0.1) is 6.42 Å². The van der Waals surface area contributed by atoms with E-state index in [9.17, 15) is 4.79 Å². The van der Waals surface area contributed by atoms with E-state index in [-0.39, 0.29) is 12.0 Å². The molecule has 0 bridgehead atoms. The van der Waals surface area contributed by atoms with Crippen molar-refractivity contribution in [3.63, 3.8) is 0 Å². The van der Waals surface area contributed by atoms with Gasteiger partial charge in [-0.2, -0.15) is 0 Å². The fourth-order valence-electron chi connectivity index (χ4n) is 6.58. The second-order valence-corrected chi connectivity index (χ2v) is 10.3. The summed E-state index contributed by atoms with van der Waals surface area (Å²) >= 11 is 0. The van der Waals surface area contributed by atoms with E-state index in [1.165, 1.54) is 38.5 Å². The number of allylic oxidation sites excluding steroid dienone is 2. The third-order valence-electron chi connectivity index (χ3n) is 7.73. The van der Waals surface area contributed by atoms with Crippen LogP contribution in [-0.4, -0.2) is 22.3 Å². The fourth-order valence-corrected chi connectivity index (χ4v) is 6.58. The van der Waals surface area contributed by atoms with Crippen LogP contribution in [0.2, 0.25) is 0 Å². The van der Waals surface area contributed by atoms with Crippen molar-refractivity contribution in [2.75, 3.05) is 0 Å². The van der Waals surface area contributed by atoms with E-state index >= 15 is 0 Å². The molecule has 1 saturated heterocycles. The van der Waals surface area contributed by atoms with Gasteiger partial charge in [0.25, 0.3) is 0 Å². The molecule has 1 unspecified atom stereocenters. The normalized spacial score (nSPS) is 42.2. The third kappa shape index (κ3) is 4.81. The van der Waals surface area contributed by atoms with Crippen LogP contribution in [0.5, 0.6) is 0 Å². The number of carbonyl (C=O) groups is 1. The van der Waals surface area contributed by atoms with Crippen molar-refractivity contribution < 1.29 is 19.7 Å². The van der Waals surface area contributed by atoms with Gasteiger partial charge in [-0.25, -0.2) is 9.78 Å². The number of carboxylic acid groups (broad SMARTS) is 1. The van der Waals surface area contributed by atoms with Crippen LogP contribution in [-0.2, 0) is 14.6 Å². The van der Waals surface area contributed by atoms with Crippen molar-refractivity contribution in [2.24, 2.45) is 29.6 Å². The first-order valence-electron chi connectivity index (χ1n) is 11.5. The molecule has 3 aliphatic rings. The molecule has 0 amide bonds. The average Bonchev–Trinajstić information content (AvgIpc) is 2.90. The van der Waals surface area contributed by atoms with E-state index in [0.29, 0.717) is 6.42 Å². The molecule has 0 spiro atoms. The molecule has 1 aliphatic heterocycles. The molecule has 1 N–H and O–H groups in total. The summed E-state index contributed by atoms with van der Waals surface area (Å²) in [6.07, 6.45) is 15.5. The summed E-state index contributed by atoms with van der Waals surface area (Å²) in [5.41, 5.74) is -1.04. The summed E-state index contributed by atoms with van der Waals surface area (Å²) in [4.78, 5) is 22.0. The average molecular weight is 393 g/mol. The Labute approximate surface area is 171 Å². The highest BCUT2D eigenvalue weighted by atomic mass is 17.2. The topological polar surface area (TPSA) is 55.8 Å². The molecule has 160 valence electrons. The van der Waals surface area contributed by atoms with Gasteiger partial charge in [-0.15, -0.1) is 0 Å². The first-order valence-corrected chi connectivity index (χ1v) is 11.5. The van der Waals surface area contributed by atoms with E-state index in [1.54, 1.807) is 0 Å². The number of carboxylic acids is 1. The van der Waals surface area contributed by atoms with Crippen LogP contribution in [0, 0.1) is 29.6 Å². The Morgan fingerprint density at radius 3 is 2.54 bits per heavy atom. The minimum absolute atomic E-state index is 0.00145. The molecule has 2 fully saturated rings. The molecule has 3 rings (SSSR count). The first kappa shape index (κ1) is 21.8. The Morgan fingerprint density at radius 2 is 1.82 bits per heavy atom. The molecule has 0 radical (unpaired) electrons. The zero-order chi connectivity index (χ0) is 20.4. The maximum Gasteiger partial charge on any atom is 0.306 e. The van der Waals surface area contributed by atoms with Gasteiger partial charge in [-0.1, -0.05) is 58.1 Å². The highest BCUT2D eigenvalue weighted by Gasteiger charge is 2.50. The second-order valence-electron chi connectivity index (χ2n) is 10.3. The van der Waals surface area contributed by atoms with Crippen molar-refractivity contribution in [2.45, 2.75) is 103 Å². The molecule has 0 aromatic rings. The maximum absolute atomic E-state index is 11.0. The maximum atomic E-state index is 11.0. The van der Waals surface area contributed by atoms with Crippen LogP contribution in [0.1, 0.15) is 91.9 Å². The summed E-state index contributed by atoms with van der Waals surface area (Å²) in [5, 5.41) is 9.04. The number of hydrogen-bond acceptors (Lipinski definition) is 3. The standard InChI is InChI=1S/C24H40O4/c1-5-18-19(20-13-10-11-17(2)22(18)20)12-8-6-7-9-14-23(3)16-24(4,28-27-23)15-21(25)26/h10-11,17-20,22H,5-9,12-16H2,1-4H3,(H,25,26)/t17?,18-,19-,20-,22+,23+,24+/m0/s1. The molecule has 28 heavy (non-hydrogen) atoms. The largest absolute Gasteiger partial charge is 0.481 e. The van der Waals surface area contributed by atoms with Gasteiger partial charge in [0.1, 0.15) is 11.2 Å². The number of rotatable bonds is 10. The predicted octanol–water partition coefficient (Wildman–Crippen LogP) is 6.16. The molecule has 4 heteroatoms. The van der Waals surface area contributed by atoms with Gasteiger partial charge in [0, 0.05) is 6.42 Å². The lowest BCUT2D eigenvalue weighted by Crippen LogP contribution is -2.50. The van der Waals surface area contributed by atoms with E-state index < -0.39 is 11.6 Å². The van der Waals surface area contributed by atoms with E-state index in [1.807, 2.05) is 6.92 Å². The van der Waals surface area contributed by atoms with Crippen LogP contribution < -0.4 is 0 Å². The zero-order valence-electron chi connectivity index (χ0n) is 18.3. The van der Waals surface area contributed by atoms with E-state index in [0.717, 1.165) is 42.4 Å². The van der Waals surface area contributed by atoms with Crippen molar-refractivity contribution in [1.29, 1.82) is 0 Å². The Morgan fingerprint density at radius 1 is 1.11 bits per heavy atom. The first-order chi connectivity index (χ1) is 13.3. The van der Waals surface area contributed by atoms with Crippen molar-refractivity contribution >= 4 is 5.97 Å². The number of fused-ring (bicyclic) bond motifs is 1. The van der Waals surface area contributed by atoms with Gasteiger partial charge < -0.3 is 5.11 Å². The fraction of sp³-hybridized carbons (Fsp3) is 0.875. The van der Waals surface area contributed by atoms with E-state index in [2.05, 4.69) is 32.9 Å². The lowest BCUT2D eigenvalue weighted by Gasteiger charge is -2.56. The Balaban J connectivity index is 1.33.